The zero-order valence-electron chi connectivity index (χ0n) is 7.05. The van der Waals surface area contributed by atoms with E-state index in [9.17, 15) is 4.39 Å². The van der Waals surface area contributed by atoms with Crippen LogP contribution < -0.4 is 5.73 Å². The van der Waals surface area contributed by atoms with E-state index < -0.39 is 5.82 Å². The second-order valence-corrected chi connectivity index (χ2v) is 3.25. The average Bonchev–Trinajstić information content (AvgIpc) is 2.49. The minimum absolute atomic E-state index is 0.127. The predicted molar refractivity (Wildman–Crippen MR) is 46.4 cm³/mol. The van der Waals surface area contributed by atoms with Crippen molar-refractivity contribution in [1.29, 1.82) is 5.26 Å². The lowest BCUT2D eigenvalue weighted by atomic mass is 10.0. The normalized spacial score (nSPS) is 19.6. The molecule has 0 spiro atoms. The molecule has 1 aromatic rings. The molecule has 2 rings (SSSR count). The molecular weight excluding hydrogens is 167 g/mol. The summed E-state index contributed by atoms with van der Waals surface area (Å²) < 4.78 is 13.1. The number of hydrogen-bond acceptors (Lipinski definition) is 2. The van der Waals surface area contributed by atoms with Crippen molar-refractivity contribution in [3.63, 3.8) is 0 Å². The molecule has 2 nitrogen and oxygen atoms in total. The van der Waals surface area contributed by atoms with Gasteiger partial charge in [-0.3, -0.25) is 0 Å². The van der Waals surface area contributed by atoms with Crippen molar-refractivity contribution in [1.82, 2.24) is 0 Å². The molecule has 0 radical (unpaired) electrons. The summed E-state index contributed by atoms with van der Waals surface area (Å²) in [5.41, 5.74) is 7.63. The van der Waals surface area contributed by atoms with Crippen LogP contribution in [0.1, 0.15) is 29.2 Å². The highest BCUT2D eigenvalue weighted by Crippen LogP contribution is 2.32. The maximum atomic E-state index is 13.1. The van der Waals surface area contributed by atoms with Gasteiger partial charge in [0, 0.05) is 6.04 Å². The molecule has 1 aliphatic rings. The van der Waals surface area contributed by atoms with Crippen LogP contribution >= 0.6 is 0 Å². The molecule has 1 aliphatic carbocycles. The van der Waals surface area contributed by atoms with Crippen molar-refractivity contribution < 1.29 is 4.39 Å². The zero-order chi connectivity index (χ0) is 9.42. The SMILES string of the molecule is N#Cc1c(F)ccc2c1[C@@H](N)CC2. The quantitative estimate of drug-likeness (QED) is 0.653. The molecule has 0 amide bonds. The van der Waals surface area contributed by atoms with Crippen molar-refractivity contribution in [2.75, 3.05) is 0 Å². The van der Waals surface area contributed by atoms with E-state index in [-0.39, 0.29) is 11.6 Å². The van der Waals surface area contributed by atoms with Gasteiger partial charge < -0.3 is 5.73 Å². The van der Waals surface area contributed by atoms with Crippen LogP contribution in [0.15, 0.2) is 12.1 Å². The molecule has 0 fully saturated rings. The lowest BCUT2D eigenvalue weighted by Crippen LogP contribution is -2.08. The van der Waals surface area contributed by atoms with Gasteiger partial charge in [-0.2, -0.15) is 5.26 Å². The number of nitrogens with zero attached hydrogens (tertiary/aromatic N) is 1. The zero-order valence-corrected chi connectivity index (χ0v) is 7.05. The first kappa shape index (κ1) is 8.21. The molecule has 1 atom stereocenters. The van der Waals surface area contributed by atoms with E-state index in [0.29, 0.717) is 5.56 Å². The van der Waals surface area contributed by atoms with E-state index in [2.05, 4.69) is 0 Å². The minimum Gasteiger partial charge on any atom is -0.324 e. The summed E-state index contributed by atoms with van der Waals surface area (Å²) in [5, 5.41) is 8.75. The Morgan fingerprint density at radius 2 is 2.31 bits per heavy atom. The topological polar surface area (TPSA) is 49.8 Å². The third kappa shape index (κ3) is 1.11. The summed E-state index contributed by atoms with van der Waals surface area (Å²) in [6, 6.07) is 4.77. The number of rotatable bonds is 0. The van der Waals surface area contributed by atoms with Gasteiger partial charge in [0.05, 0.1) is 5.56 Å². The number of fused-ring (bicyclic) bond motifs is 1. The van der Waals surface area contributed by atoms with Crippen molar-refractivity contribution in [3.05, 3.63) is 34.6 Å². The molecule has 0 aromatic heterocycles. The Morgan fingerprint density at radius 3 is 3.00 bits per heavy atom. The molecule has 0 saturated carbocycles. The van der Waals surface area contributed by atoms with Crippen LogP contribution in [0.5, 0.6) is 0 Å². The van der Waals surface area contributed by atoms with Gasteiger partial charge in [-0.25, -0.2) is 4.39 Å². The van der Waals surface area contributed by atoms with Crippen LogP contribution in [-0.4, -0.2) is 0 Å². The van der Waals surface area contributed by atoms with E-state index >= 15 is 0 Å². The Kier molecular flexibility index (Phi) is 1.78. The second kappa shape index (κ2) is 2.82. The summed E-state index contributed by atoms with van der Waals surface area (Å²) in [5.74, 6) is -0.460. The van der Waals surface area contributed by atoms with E-state index in [0.717, 1.165) is 18.4 Å². The van der Waals surface area contributed by atoms with Crippen molar-refractivity contribution in [3.8, 4) is 6.07 Å². The van der Waals surface area contributed by atoms with E-state index in [4.69, 9.17) is 11.0 Å². The van der Waals surface area contributed by atoms with E-state index in [1.165, 1.54) is 6.07 Å². The summed E-state index contributed by atoms with van der Waals surface area (Å²) in [6.07, 6.45) is 1.67. The smallest absolute Gasteiger partial charge is 0.141 e. The minimum atomic E-state index is -0.460. The second-order valence-electron chi connectivity index (χ2n) is 3.25. The molecule has 1 aromatic carbocycles. The first-order valence-corrected chi connectivity index (χ1v) is 4.21. The van der Waals surface area contributed by atoms with Gasteiger partial charge in [0.15, 0.2) is 0 Å². The van der Waals surface area contributed by atoms with Crippen LogP contribution in [0, 0.1) is 17.1 Å². The van der Waals surface area contributed by atoms with Crippen LogP contribution in [0.2, 0.25) is 0 Å². The average molecular weight is 176 g/mol. The fourth-order valence-corrected chi connectivity index (χ4v) is 1.85. The third-order valence-corrected chi connectivity index (χ3v) is 2.49. The van der Waals surface area contributed by atoms with Crippen LogP contribution in [0.4, 0.5) is 4.39 Å². The maximum absolute atomic E-state index is 13.1. The van der Waals surface area contributed by atoms with Crippen molar-refractivity contribution in [2.24, 2.45) is 5.73 Å². The first-order chi connectivity index (χ1) is 6.24. The third-order valence-electron chi connectivity index (χ3n) is 2.49. The molecule has 0 aliphatic heterocycles. The number of nitrogens with two attached hydrogens (primary N) is 1. The Bertz CT molecular complexity index is 393. The number of benzene rings is 1. The largest absolute Gasteiger partial charge is 0.324 e. The molecule has 3 heteroatoms. The van der Waals surface area contributed by atoms with Crippen LogP contribution in [0.25, 0.3) is 0 Å². The summed E-state index contributed by atoms with van der Waals surface area (Å²) in [6.45, 7) is 0. The number of nitriles is 1. The maximum Gasteiger partial charge on any atom is 0.141 e. The Balaban J connectivity index is 2.69. The molecule has 0 heterocycles. The van der Waals surface area contributed by atoms with Crippen LogP contribution in [0.3, 0.4) is 0 Å². The van der Waals surface area contributed by atoms with Crippen molar-refractivity contribution in [2.45, 2.75) is 18.9 Å². The van der Waals surface area contributed by atoms with Gasteiger partial charge in [-0.05, 0) is 30.0 Å². The van der Waals surface area contributed by atoms with E-state index in [1.54, 1.807) is 6.07 Å². The lowest BCUT2D eigenvalue weighted by Gasteiger charge is -2.06. The summed E-state index contributed by atoms with van der Waals surface area (Å²) in [7, 11) is 0. The fourth-order valence-electron chi connectivity index (χ4n) is 1.85. The molecule has 0 bridgehead atoms. The Hall–Kier alpha value is -1.40. The van der Waals surface area contributed by atoms with Gasteiger partial charge in [-0.1, -0.05) is 6.07 Å². The molecule has 2 N–H and O–H groups in total. The highest BCUT2D eigenvalue weighted by Gasteiger charge is 2.24. The molecule has 0 saturated heterocycles. The van der Waals surface area contributed by atoms with E-state index in [1.807, 2.05) is 6.07 Å². The monoisotopic (exact) mass is 176 g/mol. The van der Waals surface area contributed by atoms with Gasteiger partial charge >= 0.3 is 0 Å². The van der Waals surface area contributed by atoms with Gasteiger partial charge in [0.1, 0.15) is 11.9 Å². The highest BCUT2D eigenvalue weighted by molar-refractivity contribution is 5.48. The molecule has 0 unspecified atom stereocenters. The first-order valence-electron chi connectivity index (χ1n) is 4.21. The highest BCUT2D eigenvalue weighted by atomic mass is 19.1. The lowest BCUT2D eigenvalue weighted by molar-refractivity contribution is 0.617. The summed E-state index contributed by atoms with van der Waals surface area (Å²) in [4.78, 5) is 0. The van der Waals surface area contributed by atoms with Gasteiger partial charge in [-0.15, -0.1) is 0 Å². The fraction of sp³-hybridized carbons (Fsp3) is 0.300. The van der Waals surface area contributed by atoms with Gasteiger partial charge in [0.25, 0.3) is 0 Å². The standard InChI is InChI=1S/C10H9FN2/c11-8-3-1-6-2-4-9(13)10(6)7(8)5-12/h1,3,9H,2,4,13H2/t9-/m0/s1. The number of halogens is 1. The molecule has 66 valence electrons. The molecule has 13 heavy (non-hydrogen) atoms. The van der Waals surface area contributed by atoms with Crippen LogP contribution in [-0.2, 0) is 6.42 Å². The number of aryl methyl sites for hydroxylation is 1. The van der Waals surface area contributed by atoms with Gasteiger partial charge in [0.2, 0.25) is 0 Å². The molecular formula is C10H9FN2. The Labute approximate surface area is 75.8 Å². The Morgan fingerprint density at radius 1 is 1.54 bits per heavy atom. The van der Waals surface area contributed by atoms with Crippen molar-refractivity contribution >= 4 is 0 Å². The number of hydrogen-bond donors (Lipinski definition) is 1. The summed E-state index contributed by atoms with van der Waals surface area (Å²) >= 11 is 0. The predicted octanol–water partition coefficient (Wildman–Crippen LogP) is 1.64.